The number of nitrogens with zero attached hydrogens (tertiary/aromatic N) is 1. The zero-order valence-corrected chi connectivity index (χ0v) is 9.62. The van der Waals surface area contributed by atoms with Crippen LogP contribution < -0.4 is 0 Å². The van der Waals surface area contributed by atoms with E-state index >= 15 is 0 Å². The first-order chi connectivity index (χ1) is 6.82. The fourth-order valence-corrected chi connectivity index (χ4v) is 1.95. The van der Waals surface area contributed by atoms with Gasteiger partial charge in [0.2, 0.25) is 0 Å². The zero-order chi connectivity index (χ0) is 11.3. The second kappa shape index (κ2) is 3.11. The van der Waals surface area contributed by atoms with Crippen molar-refractivity contribution in [2.45, 2.75) is 57.3 Å². The van der Waals surface area contributed by atoms with Gasteiger partial charge in [0.25, 0.3) is 0 Å². The van der Waals surface area contributed by atoms with Crippen molar-refractivity contribution in [2.75, 3.05) is 6.54 Å². The molecular weight excluding hydrogens is 194 g/mol. The number of ether oxygens (including phenoxy) is 1. The van der Waals surface area contributed by atoms with Crippen LogP contribution in [0.5, 0.6) is 0 Å². The van der Waals surface area contributed by atoms with Crippen molar-refractivity contribution < 1.29 is 14.6 Å². The maximum absolute atomic E-state index is 11.7. The molecule has 2 rings (SSSR count). The second-order valence-corrected chi connectivity index (χ2v) is 5.58. The highest BCUT2D eigenvalue weighted by Crippen LogP contribution is 2.45. The molecule has 1 heterocycles. The fraction of sp³-hybridized carbons (Fsp3) is 0.909. The molecule has 2 aliphatic rings. The van der Waals surface area contributed by atoms with Gasteiger partial charge in [0, 0.05) is 6.54 Å². The van der Waals surface area contributed by atoms with E-state index in [-0.39, 0.29) is 12.1 Å². The Balaban J connectivity index is 1.92. The van der Waals surface area contributed by atoms with Crippen molar-refractivity contribution in [1.82, 2.24) is 4.90 Å². The molecule has 1 amide bonds. The quantitative estimate of drug-likeness (QED) is 0.718. The number of hydrogen-bond donors (Lipinski definition) is 1. The average Bonchev–Trinajstić information content (AvgIpc) is 2.59. The van der Waals surface area contributed by atoms with Crippen molar-refractivity contribution in [1.29, 1.82) is 0 Å². The average molecular weight is 213 g/mol. The second-order valence-electron chi connectivity index (χ2n) is 5.58. The summed E-state index contributed by atoms with van der Waals surface area (Å²) in [5.41, 5.74) is -1.06. The Bertz CT molecular complexity index is 278. The molecule has 0 unspecified atom stereocenters. The van der Waals surface area contributed by atoms with Crippen LogP contribution in [-0.2, 0) is 4.74 Å². The van der Waals surface area contributed by atoms with Crippen LogP contribution in [0.4, 0.5) is 4.79 Å². The molecule has 0 aromatic heterocycles. The van der Waals surface area contributed by atoms with E-state index in [1.54, 1.807) is 4.90 Å². The van der Waals surface area contributed by atoms with Crippen molar-refractivity contribution in [3.63, 3.8) is 0 Å². The summed E-state index contributed by atoms with van der Waals surface area (Å²) in [5.74, 6) is 0. The Hall–Kier alpha value is -0.770. The van der Waals surface area contributed by atoms with E-state index < -0.39 is 11.2 Å². The van der Waals surface area contributed by atoms with Crippen LogP contribution in [0.2, 0.25) is 0 Å². The molecule has 4 nitrogen and oxygen atoms in total. The van der Waals surface area contributed by atoms with E-state index in [4.69, 9.17) is 4.74 Å². The van der Waals surface area contributed by atoms with Crippen molar-refractivity contribution >= 4 is 6.09 Å². The van der Waals surface area contributed by atoms with Gasteiger partial charge in [0.1, 0.15) is 5.60 Å². The molecule has 4 heteroatoms. The normalized spacial score (nSPS) is 28.3. The molecule has 1 saturated carbocycles. The van der Waals surface area contributed by atoms with Crippen LogP contribution in [0.1, 0.15) is 40.0 Å². The molecule has 1 saturated heterocycles. The number of carbonyl (C=O) groups is 1. The molecule has 0 aromatic carbocycles. The predicted molar refractivity (Wildman–Crippen MR) is 55.5 cm³/mol. The maximum Gasteiger partial charge on any atom is 0.410 e. The molecule has 0 aromatic rings. The standard InChI is InChI=1S/C11H19NO3/c1-10(2,3)15-9(13)12-7-4-8(12)11(14)5-6-11/h8,14H,4-7H2,1-3H3/t8-/m0/s1. The summed E-state index contributed by atoms with van der Waals surface area (Å²) in [5, 5.41) is 9.92. The van der Waals surface area contributed by atoms with Crippen molar-refractivity contribution in [3.8, 4) is 0 Å². The van der Waals surface area contributed by atoms with Gasteiger partial charge in [-0.1, -0.05) is 0 Å². The van der Waals surface area contributed by atoms with Gasteiger partial charge >= 0.3 is 6.09 Å². The number of rotatable bonds is 1. The lowest BCUT2D eigenvalue weighted by atomic mass is 9.96. The molecule has 1 atom stereocenters. The SMILES string of the molecule is CC(C)(C)OC(=O)N1CC[C@H]1C1(O)CC1. The van der Waals surface area contributed by atoms with Crippen LogP contribution in [0.15, 0.2) is 0 Å². The van der Waals surface area contributed by atoms with E-state index in [2.05, 4.69) is 0 Å². The van der Waals surface area contributed by atoms with Crippen molar-refractivity contribution in [3.05, 3.63) is 0 Å². The largest absolute Gasteiger partial charge is 0.444 e. The minimum atomic E-state index is -0.602. The van der Waals surface area contributed by atoms with Gasteiger partial charge in [-0.2, -0.15) is 0 Å². The summed E-state index contributed by atoms with van der Waals surface area (Å²) in [6, 6.07) is -0.00708. The summed E-state index contributed by atoms with van der Waals surface area (Å²) >= 11 is 0. The van der Waals surface area contributed by atoms with Gasteiger partial charge in [0.05, 0.1) is 11.6 Å². The summed E-state index contributed by atoms with van der Waals surface area (Å²) in [4.78, 5) is 13.4. The Morgan fingerprint density at radius 3 is 2.40 bits per heavy atom. The van der Waals surface area contributed by atoms with Crippen LogP contribution in [-0.4, -0.2) is 39.9 Å². The van der Waals surface area contributed by atoms with Gasteiger partial charge in [-0.25, -0.2) is 4.79 Å². The summed E-state index contributed by atoms with van der Waals surface area (Å²) < 4.78 is 5.27. The predicted octanol–water partition coefficient (Wildman–Crippen LogP) is 1.52. The third-order valence-electron chi connectivity index (χ3n) is 3.03. The van der Waals surface area contributed by atoms with E-state index in [1.165, 1.54) is 0 Å². The molecular formula is C11H19NO3. The van der Waals surface area contributed by atoms with E-state index in [0.29, 0.717) is 6.54 Å². The molecule has 0 bridgehead atoms. The number of hydrogen-bond acceptors (Lipinski definition) is 3. The Morgan fingerprint density at radius 1 is 1.47 bits per heavy atom. The van der Waals surface area contributed by atoms with E-state index in [0.717, 1.165) is 19.3 Å². The van der Waals surface area contributed by atoms with Gasteiger partial charge in [-0.05, 0) is 40.0 Å². The monoisotopic (exact) mass is 213 g/mol. The van der Waals surface area contributed by atoms with E-state index in [1.807, 2.05) is 20.8 Å². The van der Waals surface area contributed by atoms with E-state index in [9.17, 15) is 9.90 Å². The molecule has 15 heavy (non-hydrogen) atoms. The highest BCUT2D eigenvalue weighted by atomic mass is 16.6. The third kappa shape index (κ3) is 2.09. The van der Waals surface area contributed by atoms with Crippen LogP contribution in [0.3, 0.4) is 0 Å². The van der Waals surface area contributed by atoms with Gasteiger partial charge in [0.15, 0.2) is 0 Å². The Labute approximate surface area is 90.2 Å². The zero-order valence-electron chi connectivity index (χ0n) is 9.62. The lowest BCUT2D eigenvalue weighted by Crippen LogP contribution is -2.58. The molecule has 0 spiro atoms. The van der Waals surface area contributed by atoms with Gasteiger partial charge < -0.3 is 14.7 Å². The number of aliphatic hydroxyl groups is 1. The smallest absolute Gasteiger partial charge is 0.410 e. The number of carbonyl (C=O) groups excluding carboxylic acids is 1. The first-order valence-corrected chi connectivity index (χ1v) is 5.54. The Kier molecular flexibility index (Phi) is 2.23. The third-order valence-corrected chi connectivity index (χ3v) is 3.03. The summed E-state index contributed by atoms with van der Waals surface area (Å²) in [6.45, 7) is 6.27. The fourth-order valence-electron chi connectivity index (χ4n) is 1.95. The number of likely N-dealkylation sites (tertiary alicyclic amines) is 1. The van der Waals surface area contributed by atoms with Gasteiger partial charge in [-0.15, -0.1) is 0 Å². The highest BCUT2D eigenvalue weighted by molar-refractivity contribution is 5.70. The lowest BCUT2D eigenvalue weighted by Gasteiger charge is -2.44. The minimum absolute atomic E-state index is 0.00708. The lowest BCUT2D eigenvalue weighted by molar-refractivity contribution is -0.0494. The molecule has 86 valence electrons. The summed E-state index contributed by atoms with van der Waals surface area (Å²) in [6.07, 6.45) is 2.24. The maximum atomic E-state index is 11.7. The van der Waals surface area contributed by atoms with Crippen LogP contribution in [0, 0.1) is 0 Å². The highest BCUT2D eigenvalue weighted by Gasteiger charge is 2.55. The van der Waals surface area contributed by atoms with Crippen molar-refractivity contribution in [2.24, 2.45) is 0 Å². The number of amides is 1. The topological polar surface area (TPSA) is 49.8 Å². The molecule has 1 aliphatic carbocycles. The first-order valence-electron chi connectivity index (χ1n) is 5.54. The molecule has 0 radical (unpaired) electrons. The van der Waals surface area contributed by atoms with Crippen LogP contribution >= 0.6 is 0 Å². The Morgan fingerprint density at radius 2 is 2.07 bits per heavy atom. The molecule has 1 N–H and O–H groups in total. The summed E-state index contributed by atoms with van der Waals surface area (Å²) in [7, 11) is 0. The minimum Gasteiger partial charge on any atom is -0.444 e. The first kappa shape index (κ1) is 10.7. The molecule has 2 fully saturated rings. The molecule has 1 aliphatic heterocycles. The van der Waals surface area contributed by atoms with Gasteiger partial charge in [-0.3, -0.25) is 0 Å². The van der Waals surface area contributed by atoms with Crippen LogP contribution in [0.25, 0.3) is 0 Å².